The number of nitrogens with one attached hydrogen (secondary N) is 1. The van der Waals surface area contributed by atoms with Gasteiger partial charge in [0.05, 0.1) is 0 Å². The molecular weight excluding hydrogens is 454 g/mol. The summed E-state index contributed by atoms with van der Waals surface area (Å²) >= 11 is 1.87. The van der Waals surface area contributed by atoms with Gasteiger partial charge in [0.15, 0.2) is 0 Å². The minimum atomic E-state index is 1.11. The lowest BCUT2D eigenvalue weighted by atomic mass is 9.99. The Bertz CT molecular complexity index is 1860. The Morgan fingerprint density at radius 3 is 2.11 bits per heavy atom. The maximum absolute atomic E-state index is 3.81. The first-order valence-electron chi connectivity index (χ1n) is 12.2. The van der Waals surface area contributed by atoms with Crippen molar-refractivity contribution in [2.45, 2.75) is 0 Å². The van der Waals surface area contributed by atoms with Gasteiger partial charge in [-0.2, -0.15) is 0 Å². The molecule has 1 nitrogen and oxygen atoms in total. The van der Waals surface area contributed by atoms with E-state index in [1.54, 1.807) is 0 Å². The molecule has 0 radical (unpaired) electrons. The molecule has 36 heavy (non-hydrogen) atoms. The van der Waals surface area contributed by atoms with Gasteiger partial charge in [0, 0.05) is 37.1 Å². The Kier molecular flexibility index (Phi) is 5.04. The van der Waals surface area contributed by atoms with Gasteiger partial charge in [-0.1, -0.05) is 109 Å². The predicted molar refractivity (Wildman–Crippen MR) is 157 cm³/mol. The van der Waals surface area contributed by atoms with Gasteiger partial charge in [-0.05, 0) is 51.7 Å². The van der Waals surface area contributed by atoms with Crippen molar-refractivity contribution >= 4 is 53.7 Å². The van der Waals surface area contributed by atoms with E-state index in [-0.39, 0.29) is 0 Å². The molecule has 0 aliphatic carbocycles. The van der Waals surface area contributed by atoms with Crippen LogP contribution >= 0.6 is 11.3 Å². The fourth-order valence-electron chi connectivity index (χ4n) is 5.14. The van der Waals surface area contributed by atoms with E-state index in [0.29, 0.717) is 0 Å². The smallest absolute Gasteiger partial charge is 0.0478 e. The van der Waals surface area contributed by atoms with E-state index in [2.05, 4.69) is 139 Å². The van der Waals surface area contributed by atoms with Crippen molar-refractivity contribution in [3.05, 3.63) is 133 Å². The SMILES string of the molecule is c1ccc(-c2cccc3c2sc2cccc(Nc4ccccc4-c4ccc5ccccc5c4)c23)cc1. The lowest BCUT2D eigenvalue weighted by molar-refractivity contribution is 1.56. The van der Waals surface area contributed by atoms with E-state index in [9.17, 15) is 0 Å². The van der Waals surface area contributed by atoms with Crippen molar-refractivity contribution in [3.8, 4) is 22.3 Å². The van der Waals surface area contributed by atoms with Crippen LogP contribution in [0.25, 0.3) is 53.2 Å². The molecule has 7 rings (SSSR count). The summed E-state index contributed by atoms with van der Waals surface area (Å²) in [5.41, 5.74) is 7.20. The molecule has 1 heterocycles. The van der Waals surface area contributed by atoms with Gasteiger partial charge < -0.3 is 5.32 Å². The Balaban J connectivity index is 1.37. The molecule has 0 aliphatic rings. The van der Waals surface area contributed by atoms with E-state index in [4.69, 9.17) is 0 Å². The molecule has 0 amide bonds. The van der Waals surface area contributed by atoms with Crippen molar-refractivity contribution < 1.29 is 0 Å². The molecule has 1 N–H and O–H groups in total. The van der Waals surface area contributed by atoms with E-state index in [1.165, 1.54) is 53.2 Å². The zero-order valence-corrected chi connectivity index (χ0v) is 20.4. The van der Waals surface area contributed by atoms with Gasteiger partial charge in [0.25, 0.3) is 0 Å². The Hall–Kier alpha value is -4.40. The first-order valence-corrected chi connectivity index (χ1v) is 13.0. The van der Waals surface area contributed by atoms with Crippen molar-refractivity contribution in [2.24, 2.45) is 0 Å². The van der Waals surface area contributed by atoms with Crippen LogP contribution < -0.4 is 5.32 Å². The van der Waals surface area contributed by atoms with Crippen molar-refractivity contribution in [3.63, 3.8) is 0 Å². The zero-order valence-electron chi connectivity index (χ0n) is 19.6. The zero-order chi connectivity index (χ0) is 23.9. The molecule has 0 spiro atoms. The minimum absolute atomic E-state index is 1.11. The van der Waals surface area contributed by atoms with Gasteiger partial charge in [0.2, 0.25) is 0 Å². The van der Waals surface area contributed by atoms with E-state index >= 15 is 0 Å². The molecule has 6 aromatic carbocycles. The first-order chi connectivity index (χ1) is 17.8. The summed E-state index contributed by atoms with van der Waals surface area (Å²) in [5, 5.41) is 8.89. The standard InChI is InChI=1S/C34H23NS/c1-2-11-24(12-3-1)28-15-8-16-29-33-31(18-9-19-32(33)36-34(28)29)35-30-17-7-6-14-27(30)26-21-20-23-10-4-5-13-25(23)22-26/h1-22,35H. The van der Waals surface area contributed by atoms with Crippen molar-refractivity contribution in [2.75, 3.05) is 5.32 Å². The molecule has 0 atom stereocenters. The third-order valence-electron chi connectivity index (χ3n) is 6.86. The highest BCUT2D eigenvalue weighted by Crippen LogP contribution is 2.44. The van der Waals surface area contributed by atoms with Gasteiger partial charge >= 0.3 is 0 Å². The molecule has 0 saturated carbocycles. The Labute approximate surface area is 214 Å². The molecule has 170 valence electrons. The highest BCUT2D eigenvalue weighted by Gasteiger charge is 2.14. The minimum Gasteiger partial charge on any atom is -0.354 e. The van der Waals surface area contributed by atoms with Crippen LogP contribution in [0.1, 0.15) is 0 Å². The normalized spacial score (nSPS) is 11.3. The summed E-state index contributed by atoms with van der Waals surface area (Å²) in [6.45, 7) is 0. The predicted octanol–water partition coefficient (Wildman–Crippen LogP) is 10.3. The molecule has 0 unspecified atom stereocenters. The second kappa shape index (κ2) is 8.67. The third kappa shape index (κ3) is 3.55. The molecule has 0 saturated heterocycles. The summed E-state index contributed by atoms with van der Waals surface area (Å²) in [6, 6.07) is 47.7. The number of thiophene rings is 1. The largest absolute Gasteiger partial charge is 0.354 e. The number of anilines is 2. The monoisotopic (exact) mass is 477 g/mol. The second-order valence-corrected chi connectivity index (χ2v) is 10.1. The third-order valence-corrected chi connectivity index (χ3v) is 8.07. The van der Waals surface area contributed by atoms with Crippen LogP contribution in [0.2, 0.25) is 0 Å². The van der Waals surface area contributed by atoms with Crippen LogP contribution in [0.15, 0.2) is 133 Å². The molecule has 7 aromatic rings. The van der Waals surface area contributed by atoms with E-state index < -0.39 is 0 Å². The fraction of sp³-hybridized carbons (Fsp3) is 0. The summed E-state index contributed by atoms with van der Waals surface area (Å²) in [5.74, 6) is 0. The van der Waals surface area contributed by atoms with Gasteiger partial charge in [-0.15, -0.1) is 11.3 Å². The van der Waals surface area contributed by atoms with Crippen molar-refractivity contribution in [1.29, 1.82) is 0 Å². The molecule has 2 heteroatoms. The average molecular weight is 478 g/mol. The number of hydrogen-bond donors (Lipinski definition) is 1. The maximum Gasteiger partial charge on any atom is 0.0478 e. The van der Waals surface area contributed by atoms with Crippen LogP contribution in [0, 0.1) is 0 Å². The Morgan fingerprint density at radius 1 is 0.472 bits per heavy atom. The lowest BCUT2D eigenvalue weighted by Gasteiger charge is -2.14. The highest BCUT2D eigenvalue weighted by atomic mass is 32.1. The highest BCUT2D eigenvalue weighted by molar-refractivity contribution is 7.26. The quantitative estimate of drug-likeness (QED) is 0.266. The maximum atomic E-state index is 3.81. The number of fused-ring (bicyclic) bond motifs is 4. The average Bonchev–Trinajstić information content (AvgIpc) is 3.33. The molecular formula is C34H23NS. The summed E-state index contributed by atoms with van der Waals surface area (Å²) in [6.07, 6.45) is 0. The lowest BCUT2D eigenvalue weighted by Crippen LogP contribution is -1.94. The summed E-state index contributed by atoms with van der Waals surface area (Å²) in [7, 11) is 0. The number of rotatable bonds is 4. The second-order valence-electron chi connectivity index (χ2n) is 9.06. The van der Waals surface area contributed by atoms with Crippen LogP contribution in [0.5, 0.6) is 0 Å². The van der Waals surface area contributed by atoms with Gasteiger partial charge in [-0.3, -0.25) is 0 Å². The van der Waals surface area contributed by atoms with Crippen LogP contribution in [-0.4, -0.2) is 0 Å². The van der Waals surface area contributed by atoms with E-state index in [0.717, 1.165) is 11.4 Å². The molecule has 1 aromatic heterocycles. The Morgan fingerprint density at radius 2 is 1.19 bits per heavy atom. The van der Waals surface area contributed by atoms with Crippen LogP contribution in [0.3, 0.4) is 0 Å². The summed E-state index contributed by atoms with van der Waals surface area (Å²) in [4.78, 5) is 0. The summed E-state index contributed by atoms with van der Waals surface area (Å²) < 4.78 is 2.62. The van der Waals surface area contributed by atoms with Gasteiger partial charge in [-0.25, -0.2) is 0 Å². The van der Waals surface area contributed by atoms with Crippen LogP contribution in [-0.2, 0) is 0 Å². The molecule has 0 fully saturated rings. The number of benzene rings is 6. The topological polar surface area (TPSA) is 12.0 Å². The van der Waals surface area contributed by atoms with Gasteiger partial charge in [0.1, 0.15) is 0 Å². The number of para-hydroxylation sites is 1. The van der Waals surface area contributed by atoms with E-state index in [1.807, 2.05) is 11.3 Å². The van der Waals surface area contributed by atoms with Crippen LogP contribution in [0.4, 0.5) is 11.4 Å². The number of hydrogen-bond acceptors (Lipinski definition) is 2. The fourth-order valence-corrected chi connectivity index (χ4v) is 6.41. The van der Waals surface area contributed by atoms with Crippen molar-refractivity contribution in [1.82, 2.24) is 0 Å². The first kappa shape index (κ1) is 20.9. The molecule has 0 aliphatic heterocycles. The molecule has 0 bridgehead atoms.